The van der Waals surface area contributed by atoms with Gasteiger partial charge in [-0.1, -0.05) is 13.0 Å². The summed E-state index contributed by atoms with van der Waals surface area (Å²) in [7, 11) is 0. The minimum atomic E-state index is -0.0817. The molecular weight excluding hydrogens is 252 g/mol. The minimum absolute atomic E-state index is 0.00697. The number of nitrogens with two attached hydrogens (primary N) is 1. The zero-order valence-corrected chi connectivity index (χ0v) is 12.2. The molecule has 4 nitrogen and oxygen atoms in total. The highest BCUT2D eigenvalue weighted by Crippen LogP contribution is 2.40. The Labute approximate surface area is 120 Å². The monoisotopic (exact) mass is 276 g/mol. The average Bonchev–Trinajstić information content (AvgIpc) is 2.94. The minimum Gasteiger partial charge on any atom is -0.378 e. The normalized spacial score (nSPS) is 31.6. The van der Waals surface area contributed by atoms with Gasteiger partial charge in [-0.2, -0.15) is 0 Å². The third-order valence-electron chi connectivity index (χ3n) is 4.73. The molecule has 3 atom stereocenters. The molecule has 0 saturated carbocycles. The summed E-state index contributed by atoms with van der Waals surface area (Å²) in [6, 6.07) is 4.13. The summed E-state index contributed by atoms with van der Waals surface area (Å²) in [6.07, 6.45) is 5.84. The van der Waals surface area contributed by atoms with Gasteiger partial charge < -0.3 is 15.2 Å². The molecule has 4 heteroatoms. The van der Waals surface area contributed by atoms with E-state index in [2.05, 4.69) is 18.0 Å². The highest BCUT2D eigenvalue weighted by atomic mass is 16.6. The van der Waals surface area contributed by atoms with Gasteiger partial charge in [-0.3, -0.25) is 4.98 Å². The van der Waals surface area contributed by atoms with Gasteiger partial charge in [0.15, 0.2) is 0 Å². The molecule has 3 rings (SSSR count). The Balaban J connectivity index is 1.77. The molecule has 2 fully saturated rings. The fraction of sp³-hybridized carbons (Fsp3) is 0.688. The van der Waals surface area contributed by atoms with E-state index in [1.54, 1.807) is 0 Å². The van der Waals surface area contributed by atoms with E-state index in [-0.39, 0.29) is 11.6 Å². The van der Waals surface area contributed by atoms with Crippen molar-refractivity contribution in [2.24, 2.45) is 11.7 Å². The summed E-state index contributed by atoms with van der Waals surface area (Å²) in [4.78, 5) is 4.54. The Hall–Kier alpha value is -0.970. The van der Waals surface area contributed by atoms with Crippen LogP contribution in [0.2, 0.25) is 0 Å². The Bertz CT molecular complexity index is 458. The maximum atomic E-state index is 6.54. The van der Waals surface area contributed by atoms with E-state index in [1.165, 1.54) is 5.56 Å². The summed E-state index contributed by atoms with van der Waals surface area (Å²) < 4.78 is 11.5. The number of aromatic nitrogens is 1. The van der Waals surface area contributed by atoms with Crippen LogP contribution in [0.3, 0.4) is 0 Å². The summed E-state index contributed by atoms with van der Waals surface area (Å²) >= 11 is 0. The van der Waals surface area contributed by atoms with Crippen molar-refractivity contribution in [1.82, 2.24) is 4.98 Å². The topological polar surface area (TPSA) is 57.4 Å². The van der Waals surface area contributed by atoms with Crippen molar-refractivity contribution in [3.63, 3.8) is 0 Å². The number of hydrogen-bond acceptors (Lipinski definition) is 4. The van der Waals surface area contributed by atoms with E-state index >= 15 is 0 Å². The van der Waals surface area contributed by atoms with Crippen LogP contribution in [0.25, 0.3) is 0 Å². The molecule has 2 aliphatic rings. The second kappa shape index (κ2) is 5.80. The SMILES string of the molecule is CCc1cccnc1C(N)C1CCOC2(CCOC2)C1. The third kappa shape index (κ3) is 2.60. The molecule has 1 aromatic heterocycles. The molecule has 2 saturated heterocycles. The Morgan fingerprint density at radius 2 is 2.40 bits per heavy atom. The van der Waals surface area contributed by atoms with Crippen molar-refractivity contribution < 1.29 is 9.47 Å². The van der Waals surface area contributed by atoms with Crippen molar-refractivity contribution in [2.75, 3.05) is 19.8 Å². The van der Waals surface area contributed by atoms with Gasteiger partial charge in [0.05, 0.1) is 23.9 Å². The first kappa shape index (κ1) is 14.0. The second-order valence-electron chi connectivity index (χ2n) is 6.01. The van der Waals surface area contributed by atoms with Gasteiger partial charge in [0.25, 0.3) is 0 Å². The maximum Gasteiger partial charge on any atom is 0.0940 e. The van der Waals surface area contributed by atoms with Crippen LogP contribution in [0, 0.1) is 5.92 Å². The highest BCUT2D eigenvalue weighted by Gasteiger charge is 2.43. The summed E-state index contributed by atoms with van der Waals surface area (Å²) in [5.74, 6) is 0.436. The highest BCUT2D eigenvalue weighted by molar-refractivity contribution is 5.23. The molecule has 3 unspecified atom stereocenters. The van der Waals surface area contributed by atoms with Gasteiger partial charge in [-0.25, -0.2) is 0 Å². The zero-order valence-electron chi connectivity index (χ0n) is 12.2. The third-order valence-corrected chi connectivity index (χ3v) is 4.73. The molecule has 20 heavy (non-hydrogen) atoms. The van der Waals surface area contributed by atoms with Gasteiger partial charge in [0.2, 0.25) is 0 Å². The van der Waals surface area contributed by atoms with E-state index in [1.807, 2.05) is 12.3 Å². The smallest absolute Gasteiger partial charge is 0.0940 e. The van der Waals surface area contributed by atoms with E-state index < -0.39 is 0 Å². The molecule has 0 aromatic carbocycles. The lowest BCUT2D eigenvalue weighted by atomic mass is 9.79. The molecular formula is C16H24N2O2. The number of hydrogen-bond donors (Lipinski definition) is 1. The number of nitrogens with zero attached hydrogens (tertiary/aromatic N) is 1. The molecule has 0 aliphatic carbocycles. The first-order valence-electron chi connectivity index (χ1n) is 7.65. The van der Waals surface area contributed by atoms with Crippen molar-refractivity contribution >= 4 is 0 Å². The Morgan fingerprint density at radius 3 is 3.15 bits per heavy atom. The lowest BCUT2D eigenvalue weighted by Gasteiger charge is -2.39. The van der Waals surface area contributed by atoms with Crippen molar-refractivity contribution in [1.29, 1.82) is 0 Å². The predicted octanol–water partition coefficient (Wildman–Crippen LogP) is 2.23. The summed E-state index contributed by atoms with van der Waals surface area (Å²) in [5.41, 5.74) is 8.79. The Morgan fingerprint density at radius 1 is 1.50 bits per heavy atom. The van der Waals surface area contributed by atoms with E-state index in [9.17, 15) is 0 Å². The van der Waals surface area contributed by atoms with Crippen molar-refractivity contribution in [2.45, 2.75) is 44.2 Å². The van der Waals surface area contributed by atoms with Crippen LogP contribution < -0.4 is 5.73 Å². The molecule has 1 spiro atoms. The van der Waals surface area contributed by atoms with Crippen LogP contribution in [0.15, 0.2) is 18.3 Å². The van der Waals surface area contributed by atoms with Crippen LogP contribution in [0.4, 0.5) is 0 Å². The van der Waals surface area contributed by atoms with Crippen molar-refractivity contribution in [3.05, 3.63) is 29.6 Å². The standard InChI is InChI=1S/C16H24N2O2/c1-2-12-4-3-7-18-15(12)14(17)13-5-8-20-16(10-13)6-9-19-11-16/h3-4,7,13-14H,2,5-6,8-11,17H2,1H3. The number of ether oxygens (including phenoxy) is 2. The van der Waals surface area contributed by atoms with Crippen LogP contribution in [0.1, 0.15) is 43.5 Å². The Kier molecular flexibility index (Phi) is 4.06. The fourth-order valence-electron chi connectivity index (χ4n) is 3.51. The first-order valence-corrected chi connectivity index (χ1v) is 7.65. The molecule has 0 radical (unpaired) electrons. The number of aryl methyl sites for hydroxylation is 1. The predicted molar refractivity (Wildman–Crippen MR) is 77.4 cm³/mol. The molecule has 0 amide bonds. The second-order valence-corrected chi connectivity index (χ2v) is 6.01. The van der Waals surface area contributed by atoms with Gasteiger partial charge in [0.1, 0.15) is 0 Å². The number of rotatable bonds is 3. The van der Waals surface area contributed by atoms with E-state index in [4.69, 9.17) is 15.2 Å². The largest absolute Gasteiger partial charge is 0.378 e. The van der Waals surface area contributed by atoms with Gasteiger partial charge in [0, 0.05) is 25.8 Å². The lowest BCUT2D eigenvalue weighted by molar-refractivity contribution is -0.101. The summed E-state index contributed by atoms with van der Waals surface area (Å²) in [6.45, 7) is 4.48. The van der Waals surface area contributed by atoms with E-state index in [0.717, 1.165) is 51.2 Å². The quantitative estimate of drug-likeness (QED) is 0.919. The number of pyridine rings is 1. The molecule has 2 N–H and O–H groups in total. The van der Waals surface area contributed by atoms with Crippen LogP contribution in [-0.4, -0.2) is 30.4 Å². The molecule has 110 valence electrons. The van der Waals surface area contributed by atoms with Crippen LogP contribution in [0.5, 0.6) is 0 Å². The maximum absolute atomic E-state index is 6.54. The molecule has 3 heterocycles. The first-order chi connectivity index (χ1) is 9.74. The fourth-order valence-corrected chi connectivity index (χ4v) is 3.51. The average molecular weight is 276 g/mol. The van der Waals surface area contributed by atoms with Crippen LogP contribution >= 0.6 is 0 Å². The van der Waals surface area contributed by atoms with Gasteiger partial charge >= 0.3 is 0 Å². The van der Waals surface area contributed by atoms with E-state index in [0.29, 0.717) is 5.92 Å². The van der Waals surface area contributed by atoms with Crippen LogP contribution in [-0.2, 0) is 15.9 Å². The molecule has 2 aliphatic heterocycles. The molecule has 0 bridgehead atoms. The zero-order chi connectivity index (χ0) is 14.0. The lowest BCUT2D eigenvalue weighted by Crippen LogP contribution is -2.43. The molecule has 1 aromatic rings. The van der Waals surface area contributed by atoms with Crippen molar-refractivity contribution in [3.8, 4) is 0 Å². The van der Waals surface area contributed by atoms with Gasteiger partial charge in [-0.05, 0) is 36.8 Å². The van der Waals surface area contributed by atoms with Gasteiger partial charge in [-0.15, -0.1) is 0 Å². The summed E-state index contributed by atoms with van der Waals surface area (Å²) in [5, 5.41) is 0.